The minimum atomic E-state index is -4.59. The Bertz CT molecular complexity index is 876. The first-order valence-electron chi connectivity index (χ1n) is 6.45. The molecular weight excluding hydrogens is 363 g/mol. The summed E-state index contributed by atoms with van der Waals surface area (Å²) in [5.74, 6) is 0. The van der Waals surface area contributed by atoms with Gasteiger partial charge in [-0.15, -0.1) is 15.3 Å². The Labute approximate surface area is 141 Å². The number of hydrogen-bond acceptors (Lipinski definition) is 7. The van der Waals surface area contributed by atoms with Crippen molar-refractivity contribution in [3.8, 4) is 9.88 Å². The van der Waals surface area contributed by atoms with Gasteiger partial charge >= 0.3 is 6.18 Å². The smallest absolute Gasteiger partial charge is 0.278 e. The fourth-order valence-corrected chi connectivity index (χ4v) is 3.55. The minimum Gasteiger partial charge on any atom is -0.278 e. The van der Waals surface area contributed by atoms with Crippen LogP contribution in [0.15, 0.2) is 24.3 Å². The standard InChI is InChI=1S/C13H8F3N5OS2/c1-7-10(24-20-17-7)11-18-19-12(23-11)21(6-22)9-5-3-2-4-8(9)13(14,15)16/h2-6H,1H3. The molecule has 2 heterocycles. The summed E-state index contributed by atoms with van der Waals surface area (Å²) in [4.78, 5) is 12.9. The van der Waals surface area contributed by atoms with Crippen LogP contribution in [0, 0.1) is 6.92 Å². The second-order valence-corrected chi connectivity index (χ2v) is 6.28. The predicted octanol–water partition coefficient (Wildman–Crippen LogP) is 3.68. The number of aromatic nitrogens is 4. The van der Waals surface area contributed by atoms with E-state index in [-0.39, 0.29) is 17.2 Å². The lowest BCUT2D eigenvalue weighted by Gasteiger charge is -2.18. The number of halogens is 3. The van der Waals surface area contributed by atoms with Gasteiger partial charge in [0, 0.05) is 0 Å². The number of carbonyl (C=O) groups is 1. The van der Waals surface area contributed by atoms with E-state index in [9.17, 15) is 18.0 Å². The number of benzene rings is 1. The molecule has 124 valence electrons. The van der Waals surface area contributed by atoms with Crippen LogP contribution in [-0.2, 0) is 11.0 Å². The molecule has 0 bridgehead atoms. The highest BCUT2D eigenvalue weighted by Crippen LogP contribution is 2.40. The van der Waals surface area contributed by atoms with Crippen LogP contribution in [-0.4, -0.2) is 26.2 Å². The highest BCUT2D eigenvalue weighted by Gasteiger charge is 2.35. The van der Waals surface area contributed by atoms with E-state index in [0.717, 1.165) is 33.8 Å². The molecule has 2 aromatic heterocycles. The zero-order valence-electron chi connectivity index (χ0n) is 12.0. The van der Waals surface area contributed by atoms with Crippen LogP contribution in [0.1, 0.15) is 11.3 Å². The lowest BCUT2D eigenvalue weighted by Crippen LogP contribution is -2.19. The molecule has 0 aliphatic rings. The highest BCUT2D eigenvalue weighted by molar-refractivity contribution is 7.22. The fourth-order valence-electron chi connectivity index (χ4n) is 1.96. The van der Waals surface area contributed by atoms with Gasteiger partial charge in [-0.05, 0) is 30.6 Å². The molecule has 6 nitrogen and oxygen atoms in total. The Balaban J connectivity index is 2.04. The van der Waals surface area contributed by atoms with Crippen LogP contribution in [0.3, 0.4) is 0 Å². The molecule has 0 aliphatic heterocycles. The first-order valence-corrected chi connectivity index (χ1v) is 8.04. The summed E-state index contributed by atoms with van der Waals surface area (Å²) in [5.41, 5.74) is -0.595. The Kier molecular flexibility index (Phi) is 4.28. The summed E-state index contributed by atoms with van der Waals surface area (Å²) in [6.07, 6.45) is -4.31. The third-order valence-corrected chi connectivity index (χ3v) is 4.94. The van der Waals surface area contributed by atoms with Crippen molar-refractivity contribution in [3.05, 3.63) is 35.5 Å². The molecule has 0 fully saturated rings. The molecule has 0 atom stereocenters. The van der Waals surface area contributed by atoms with Crippen molar-refractivity contribution in [1.29, 1.82) is 0 Å². The monoisotopic (exact) mass is 371 g/mol. The van der Waals surface area contributed by atoms with E-state index in [1.165, 1.54) is 18.2 Å². The number of hydrogen-bond donors (Lipinski definition) is 0. The molecule has 24 heavy (non-hydrogen) atoms. The van der Waals surface area contributed by atoms with Crippen molar-refractivity contribution >= 4 is 40.1 Å². The van der Waals surface area contributed by atoms with Crippen molar-refractivity contribution in [3.63, 3.8) is 0 Å². The number of amides is 1. The van der Waals surface area contributed by atoms with Gasteiger partial charge in [-0.2, -0.15) is 13.2 Å². The summed E-state index contributed by atoms with van der Waals surface area (Å²) in [6.45, 7) is 1.73. The number of rotatable bonds is 4. The Morgan fingerprint density at radius 2 is 1.92 bits per heavy atom. The molecular formula is C13H8F3N5OS2. The molecule has 0 spiro atoms. The molecule has 0 unspecified atom stereocenters. The van der Waals surface area contributed by atoms with Crippen LogP contribution in [0.5, 0.6) is 0 Å². The number of alkyl halides is 3. The normalized spacial score (nSPS) is 11.5. The second-order valence-electron chi connectivity index (χ2n) is 4.57. The van der Waals surface area contributed by atoms with Crippen molar-refractivity contribution in [2.45, 2.75) is 13.1 Å². The first-order chi connectivity index (χ1) is 11.4. The van der Waals surface area contributed by atoms with Crippen molar-refractivity contribution in [2.75, 3.05) is 4.90 Å². The molecule has 0 N–H and O–H groups in total. The predicted molar refractivity (Wildman–Crippen MR) is 83.2 cm³/mol. The number of para-hydroxylation sites is 1. The molecule has 0 saturated heterocycles. The quantitative estimate of drug-likeness (QED) is 0.654. The Hall–Kier alpha value is -2.40. The fraction of sp³-hybridized carbons (Fsp3) is 0.154. The van der Waals surface area contributed by atoms with Crippen LogP contribution >= 0.6 is 22.9 Å². The van der Waals surface area contributed by atoms with Crippen molar-refractivity contribution < 1.29 is 18.0 Å². The maximum absolute atomic E-state index is 13.2. The highest BCUT2D eigenvalue weighted by atomic mass is 32.1. The van der Waals surface area contributed by atoms with E-state index in [1.807, 2.05) is 0 Å². The van der Waals surface area contributed by atoms with E-state index in [0.29, 0.717) is 15.6 Å². The zero-order chi connectivity index (χ0) is 17.3. The largest absolute Gasteiger partial charge is 0.418 e. The lowest BCUT2D eigenvalue weighted by molar-refractivity contribution is -0.137. The average molecular weight is 371 g/mol. The third kappa shape index (κ3) is 2.99. The molecule has 1 aromatic carbocycles. The summed E-state index contributed by atoms with van der Waals surface area (Å²) in [6, 6.07) is 4.79. The molecule has 0 saturated carbocycles. The van der Waals surface area contributed by atoms with Gasteiger partial charge in [-0.25, -0.2) is 0 Å². The summed E-state index contributed by atoms with van der Waals surface area (Å²) in [5, 5.41) is 12.1. The minimum absolute atomic E-state index is 0.0319. The number of nitrogens with zero attached hydrogens (tertiary/aromatic N) is 5. The lowest BCUT2D eigenvalue weighted by atomic mass is 10.1. The maximum atomic E-state index is 13.2. The summed E-state index contributed by atoms with van der Waals surface area (Å²) >= 11 is 2.09. The van der Waals surface area contributed by atoms with Crippen LogP contribution in [0.25, 0.3) is 9.88 Å². The van der Waals surface area contributed by atoms with Gasteiger partial charge in [0.15, 0.2) is 5.01 Å². The van der Waals surface area contributed by atoms with Crippen LogP contribution in [0.2, 0.25) is 0 Å². The van der Waals surface area contributed by atoms with E-state index >= 15 is 0 Å². The topological polar surface area (TPSA) is 71.9 Å². The SMILES string of the molecule is Cc1nnsc1-c1nnc(N(C=O)c2ccccc2C(F)(F)F)s1. The van der Waals surface area contributed by atoms with Crippen LogP contribution in [0.4, 0.5) is 24.0 Å². The van der Waals surface area contributed by atoms with Gasteiger partial charge in [0.1, 0.15) is 4.88 Å². The van der Waals surface area contributed by atoms with Crippen molar-refractivity contribution in [2.24, 2.45) is 0 Å². The molecule has 1 amide bonds. The zero-order valence-corrected chi connectivity index (χ0v) is 13.6. The molecule has 3 rings (SSSR count). The van der Waals surface area contributed by atoms with Crippen molar-refractivity contribution in [1.82, 2.24) is 19.8 Å². The van der Waals surface area contributed by atoms with Gasteiger partial charge in [-0.3, -0.25) is 9.69 Å². The van der Waals surface area contributed by atoms with Gasteiger partial charge in [0.25, 0.3) is 0 Å². The van der Waals surface area contributed by atoms with Gasteiger partial charge in [-0.1, -0.05) is 28.0 Å². The van der Waals surface area contributed by atoms with E-state index in [2.05, 4.69) is 19.8 Å². The summed E-state index contributed by atoms with van der Waals surface area (Å²) in [7, 11) is 0. The first kappa shape index (κ1) is 16.5. The Morgan fingerprint density at radius 3 is 2.54 bits per heavy atom. The number of anilines is 2. The maximum Gasteiger partial charge on any atom is 0.418 e. The van der Waals surface area contributed by atoms with Crippen LogP contribution < -0.4 is 4.90 Å². The average Bonchev–Trinajstić information content (AvgIpc) is 3.16. The summed E-state index contributed by atoms with van der Waals surface area (Å²) < 4.78 is 43.2. The van der Waals surface area contributed by atoms with E-state index in [4.69, 9.17) is 0 Å². The van der Waals surface area contributed by atoms with Gasteiger partial charge < -0.3 is 0 Å². The van der Waals surface area contributed by atoms with E-state index < -0.39 is 11.7 Å². The second kappa shape index (κ2) is 6.24. The van der Waals surface area contributed by atoms with E-state index in [1.54, 1.807) is 6.92 Å². The molecule has 0 aliphatic carbocycles. The Morgan fingerprint density at radius 1 is 1.17 bits per heavy atom. The molecule has 3 aromatic rings. The number of carbonyl (C=O) groups excluding carboxylic acids is 1. The van der Waals surface area contributed by atoms with Gasteiger partial charge in [0.05, 0.1) is 16.9 Å². The number of aryl methyl sites for hydroxylation is 1. The third-order valence-electron chi connectivity index (χ3n) is 3.04. The van der Waals surface area contributed by atoms with Gasteiger partial charge in [0.2, 0.25) is 11.5 Å². The molecule has 11 heteroatoms. The molecule has 0 radical (unpaired) electrons.